The maximum atomic E-state index is 11.1. The van der Waals surface area contributed by atoms with Crippen molar-refractivity contribution in [2.75, 3.05) is 0 Å². The van der Waals surface area contributed by atoms with Crippen molar-refractivity contribution in [1.29, 1.82) is 0 Å². The standard InChI is InChI=1S/C24H17N7O/c32-24-21(28-29-22-18(14-26-31(22)24)17-10-12-25-13-11-17)23-27-19-8-4-5-9-20(19)30(23)15-16-6-2-1-3-7-16/h1-14,32H,15H2. The minimum Gasteiger partial charge on any atom is -0.492 e. The van der Waals surface area contributed by atoms with E-state index in [0.29, 0.717) is 18.0 Å². The SMILES string of the molecule is Oc1c(-c2nc3ccccc3n2Cc2ccccc2)nnc2c(-c3ccncc3)cnn12. The Morgan fingerprint density at radius 3 is 2.47 bits per heavy atom. The fraction of sp³-hybridized carbons (Fsp3) is 0.0417. The summed E-state index contributed by atoms with van der Waals surface area (Å²) in [6, 6.07) is 21.7. The van der Waals surface area contributed by atoms with Crippen molar-refractivity contribution >= 4 is 16.7 Å². The predicted octanol–water partition coefficient (Wildman–Crippen LogP) is 3.96. The molecular weight excluding hydrogens is 402 g/mol. The monoisotopic (exact) mass is 419 g/mol. The molecule has 0 saturated carbocycles. The van der Waals surface area contributed by atoms with Crippen molar-refractivity contribution in [3.05, 3.63) is 90.9 Å². The average Bonchev–Trinajstić information content (AvgIpc) is 3.43. The van der Waals surface area contributed by atoms with Crippen LogP contribution >= 0.6 is 0 Å². The molecule has 8 heteroatoms. The van der Waals surface area contributed by atoms with Crippen molar-refractivity contribution in [3.8, 4) is 28.5 Å². The number of benzene rings is 2. The van der Waals surface area contributed by atoms with Crippen LogP contribution in [-0.2, 0) is 6.54 Å². The highest BCUT2D eigenvalue weighted by Gasteiger charge is 2.22. The van der Waals surface area contributed by atoms with E-state index < -0.39 is 0 Å². The smallest absolute Gasteiger partial charge is 0.246 e. The van der Waals surface area contributed by atoms with Gasteiger partial charge in [-0.15, -0.1) is 10.2 Å². The quantitative estimate of drug-likeness (QED) is 0.465. The lowest BCUT2D eigenvalue weighted by Crippen LogP contribution is -2.06. The van der Waals surface area contributed by atoms with Gasteiger partial charge in [-0.3, -0.25) is 4.98 Å². The fourth-order valence-electron chi connectivity index (χ4n) is 3.90. The molecule has 6 rings (SSSR count). The topological polar surface area (TPSA) is 94.0 Å². The first-order valence-corrected chi connectivity index (χ1v) is 10.1. The lowest BCUT2D eigenvalue weighted by Gasteiger charge is -2.10. The zero-order valence-corrected chi connectivity index (χ0v) is 16.9. The van der Waals surface area contributed by atoms with Gasteiger partial charge in [0.15, 0.2) is 17.2 Å². The van der Waals surface area contributed by atoms with E-state index in [9.17, 15) is 5.11 Å². The largest absolute Gasteiger partial charge is 0.492 e. The second-order valence-corrected chi connectivity index (χ2v) is 7.40. The molecule has 4 heterocycles. The summed E-state index contributed by atoms with van der Waals surface area (Å²) >= 11 is 0. The number of hydrogen-bond acceptors (Lipinski definition) is 6. The average molecular weight is 419 g/mol. The fourth-order valence-corrected chi connectivity index (χ4v) is 3.90. The number of rotatable bonds is 4. The molecule has 8 nitrogen and oxygen atoms in total. The van der Waals surface area contributed by atoms with Gasteiger partial charge in [-0.05, 0) is 35.4 Å². The lowest BCUT2D eigenvalue weighted by molar-refractivity contribution is 0.432. The van der Waals surface area contributed by atoms with Gasteiger partial charge in [0.2, 0.25) is 5.88 Å². The minimum absolute atomic E-state index is 0.111. The Morgan fingerprint density at radius 1 is 0.844 bits per heavy atom. The molecular formula is C24H17N7O. The van der Waals surface area contributed by atoms with Gasteiger partial charge in [-0.1, -0.05) is 42.5 Å². The molecule has 0 aliphatic carbocycles. The van der Waals surface area contributed by atoms with Gasteiger partial charge in [0.1, 0.15) is 0 Å². The molecule has 0 atom stereocenters. The summed E-state index contributed by atoms with van der Waals surface area (Å²) in [5.74, 6) is 0.419. The number of imidazole rings is 1. The molecule has 4 aromatic heterocycles. The molecule has 0 aliphatic rings. The third-order valence-corrected chi connectivity index (χ3v) is 5.44. The van der Waals surface area contributed by atoms with Crippen LogP contribution in [0.1, 0.15) is 5.56 Å². The molecule has 0 fully saturated rings. The number of aromatic hydroxyl groups is 1. The van der Waals surface area contributed by atoms with Crippen LogP contribution in [0.15, 0.2) is 85.3 Å². The van der Waals surface area contributed by atoms with Gasteiger partial charge in [0.25, 0.3) is 0 Å². The molecule has 154 valence electrons. The van der Waals surface area contributed by atoms with E-state index >= 15 is 0 Å². The van der Waals surface area contributed by atoms with Gasteiger partial charge in [-0.25, -0.2) is 4.98 Å². The van der Waals surface area contributed by atoms with Crippen LogP contribution in [0.5, 0.6) is 5.88 Å². The summed E-state index contributed by atoms with van der Waals surface area (Å²) in [7, 11) is 0. The predicted molar refractivity (Wildman–Crippen MR) is 120 cm³/mol. The molecule has 0 spiro atoms. The second kappa shape index (κ2) is 7.28. The van der Waals surface area contributed by atoms with E-state index in [2.05, 4.69) is 32.4 Å². The maximum Gasteiger partial charge on any atom is 0.246 e. The van der Waals surface area contributed by atoms with E-state index in [0.717, 1.165) is 27.7 Å². The Labute approximate surface area is 182 Å². The summed E-state index contributed by atoms with van der Waals surface area (Å²) in [6.07, 6.45) is 5.06. The number of para-hydroxylation sites is 2. The lowest BCUT2D eigenvalue weighted by atomic mass is 10.1. The molecule has 0 aliphatic heterocycles. The summed E-state index contributed by atoms with van der Waals surface area (Å²) in [6.45, 7) is 0.581. The molecule has 0 unspecified atom stereocenters. The van der Waals surface area contributed by atoms with Crippen molar-refractivity contribution < 1.29 is 5.11 Å². The van der Waals surface area contributed by atoms with Crippen molar-refractivity contribution in [2.45, 2.75) is 6.54 Å². The van der Waals surface area contributed by atoms with E-state index in [1.54, 1.807) is 18.6 Å². The van der Waals surface area contributed by atoms with Crippen LogP contribution in [0.3, 0.4) is 0 Å². The Bertz CT molecular complexity index is 1560. The van der Waals surface area contributed by atoms with E-state index in [1.165, 1.54) is 4.52 Å². The molecule has 6 aromatic rings. The van der Waals surface area contributed by atoms with Gasteiger partial charge in [0.05, 0.1) is 17.2 Å². The first-order chi connectivity index (χ1) is 15.8. The third-order valence-electron chi connectivity index (χ3n) is 5.44. The summed E-state index contributed by atoms with van der Waals surface area (Å²) < 4.78 is 3.43. The molecule has 0 bridgehead atoms. The summed E-state index contributed by atoms with van der Waals surface area (Å²) in [4.78, 5) is 8.81. The number of hydrogen-bond donors (Lipinski definition) is 1. The van der Waals surface area contributed by atoms with Crippen LogP contribution in [-0.4, -0.2) is 39.5 Å². The highest BCUT2D eigenvalue weighted by molar-refractivity contribution is 5.82. The van der Waals surface area contributed by atoms with Crippen LogP contribution in [0.25, 0.3) is 39.3 Å². The zero-order valence-electron chi connectivity index (χ0n) is 16.9. The number of fused-ring (bicyclic) bond motifs is 2. The highest BCUT2D eigenvalue weighted by Crippen LogP contribution is 2.32. The Balaban J connectivity index is 1.54. The van der Waals surface area contributed by atoms with Gasteiger partial charge in [-0.2, -0.15) is 9.61 Å². The first-order valence-electron chi connectivity index (χ1n) is 10.1. The normalized spacial score (nSPS) is 11.4. The molecule has 2 aromatic carbocycles. The number of pyridine rings is 1. The van der Waals surface area contributed by atoms with E-state index in [4.69, 9.17) is 4.98 Å². The van der Waals surface area contributed by atoms with Gasteiger partial charge in [0, 0.05) is 24.5 Å². The molecule has 0 saturated heterocycles. The van der Waals surface area contributed by atoms with E-state index in [1.807, 2.05) is 59.2 Å². The molecule has 0 amide bonds. The van der Waals surface area contributed by atoms with Crippen molar-refractivity contribution in [3.63, 3.8) is 0 Å². The second-order valence-electron chi connectivity index (χ2n) is 7.40. The van der Waals surface area contributed by atoms with Crippen LogP contribution in [0, 0.1) is 0 Å². The third kappa shape index (κ3) is 2.89. The highest BCUT2D eigenvalue weighted by atomic mass is 16.3. The first kappa shape index (κ1) is 18.2. The number of nitrogens with zero attached hydrogens (tertiary/aromatic N) is 7. The minimum atomic E-state index is -0.111. The zero-order chi connectivity index (χ0) is 21.5. The Kier molecular flexibility index (Phi) is 4.14. The van der Waals surface area contributed by atoms with E-state index in [-0.39, 0.29) is 11.6 Å². The number of aromatic nitrogens is 7. The van der Waals surface area contributed by atoms with Crippen molar-refractivity contribution in [1.82, 2.24) is 34.3 Å². The van der Waals surface area contributed by atoms with Crippen LogP contribution < -0.4 is 0 Å². The Hall–Kier alpha value is -4.59. The maximum absolute atomic E-state index is 11.1. The molecule has 32 heavy (non-hydrogen) atoms. The van der Waals surface area contributed by atoms with Crippen LogP contribution in [0.2, 0.25) is 0 Å². The Morgan fingerprint density at radius 2 is 1.62 bits per heavy atom. The molecule has 1 N–H and O–H groups in total. The van der Waals surface area contributed by atoms with Crippen LogP contribution in [0.4, 0.5) is 0 Å². The summed E-state index contributed by atoms with van der Waals surface area (Å²) in [5, 5.41) is 24.2. The van der Waals surface area contributed by atoms with Gasteiger partial charge < -0.3 is 9.67 Å². The van der Waals surface area contributed by atoms with Gasteiger partial charge >= 0.3 is 0 Å². The summed E-state index contributed by atoms with van der Waals surface area (Å²) in [5.41, 5.74) is 5.28. The van der Waals surface area contributed by atoms with Crippen molar-refractivity contribution in [2.24, 2.45) is 0 Å². The molecule has 0 radical (unpaired) electrons.